The molecule has 7 heteroatoms. The number of aryl methyl sites for hydroxylation is 1. The number of ether oxygens (including phenoxy) is 1. The lowest BCUT2D eigenvalue weighted by Gasteiger charge is -2.10. The van der Waals surface area contributed by atoms with Gasteiger partial charge in [-0.15, -0.1) is 0 Å². The predicted octanol–water partition coefficient (Wildman–Crippen LogP) is 1.07. The minimum absolute atomic E-state index is 0.00858. The van der Waals surface area contributed by atoms with Crippen molar-refractivity contribution in [3.63, 3.8) is 0 Å². The summed E-state index contributed by atoms with van der Waals surface area (Å²) in [6, 6.07) is 1.74. The van der Waals surface area contributed by atoms with Crippen molar-refractivity contribution in [2.45, 2.75) is 50.8 Å². The van der Waals surface area contributed by atoms with Crippen molar-refractivity contribution in [2.24, 2.45) is 0 Å². The predicted molar refractivity (Wildman–Crippen MR) is 81.6 cm³/mol. The standard InChI is InChI=1S/C14H25N3O3S/c1-3-15-9-12-8-14(11-17(12)4-2)21(18,19)16-10-13-6-5-7-20-13/h8,11,13,15-16H,3-7,9-10H2,1-2H3. The fourth-order valence-electron chi connectivity index (χ4n) is 2.46. The van der Waals surface area contributed by atoms with Crippen LogP contribution in [-0.4, -0.2) is 38.8 Å². The van der Waals surface area contributed by atoms with Gasteiger partial charge in [-0.05, 0) is 32.4 Å². The summed E-state index contributed by atoms with van der Waals surface area (Å²) in [5.41, 5.74) is 0.983. The third-order valence-corrected chi connectivity index (χ3v) is 5.08. The Hall–Kier alpha value is -0.890. The van der Waals surface area contributed by atoms with Gasteiger partial charge in [0.1, 0.15) is 0 Å². The summed E-state index contributed by atoms with van der Waals surface area (Å²) in [6.45, 7) is 7.39. The van der Waals surface area contributed by atoms with Gasteiger partial charge in [-0.1, -0.05) is 6.92 Å². The number of sulfonamides is 1. The van der Waals surface area contributed by atoms with Crippen molar-refractivity contribution in [3.8, 4) is 0 Å². The maximum atomic E-state index is 12.3. The number of aromatic nitrogens is 1. The molecule has 2 N–H and O–H groups in total. The maximum Gasteiger partial charge on any atom is 0.242 e. The van der Waals surface area contributed by atoms with E-state index < -0.39 is 10.0 Å². The Morgan fingerprint density at radius 2 is 2.24 bits per heavy atom. The second-order valence-electron chi connectivity index (χ2n) is 5.22. The van der Waals surface area contributed by atoms with E-state index in [2.05, 4.69) is 10.0 Å². The van der Waals surface area contributed by atoms with E-state index >= 15 is 0 Å². The van der Waals surface area contributed by atoms with E-state index in [0.29, 0.717) is 18.0 Å². The molecule has 0 aromatic carbocycles. The Kier molecular flexibility index (Phi) is 5.80. The molecule has 0 radical (unpaired) electrons. The molecule has 21 heavy (non-hydrogen) atoms. The number of rotatable bonds is 8. The zero-order valence-electron chi connectivity index (χ0n) is 12.8. The molecule has 1 aromatic heterocycles. The van der Waals surface area contributed by atoms with Gasteiger partial charge in [-0.2, -0.15) is 0 Å². The lowest BCUT2D eigenvalue weighted by atomic mass is 10.2. The first-order valence-electron chi connectivity index (χ1n) is 7.57. The third-order valence-electron chi connectivity index (χ3n) is 3.69. The maximum absolute atomic E-state index is 12.3. The largest absolute Gasteiger partial charge is 0.377 e. The van der Waals surface area contributed by atoms with E-state index in [1.807, 2.05) is 18.4 Å². The summed E-state index contributed by atoms with van der Waals surface area (Å²) in [4.78, 5) is 0.329. The molecule has 6 nitrogen and oxygen atoms in total. The topological polar surface area (TPSA) is 72.4 Å². The molecule has 1 aromatic rings. The van der Waals surface area contributed by atoms with Crippen LogP contribution in [0, 0.1) is 0 Å². The molecular weight excluding hydrogens is 290 g/mol. The Labute approximate surface area is 126 Å². The average molecular weight is 315 g/mol. The molecule has 1 unspecified atom stereocenters. The van der Waals surface area contributed by atoms with Crippen LogP contribution in [0.25, 0.3) is 0 Å². The quantitative estimate of drug-likeness (QED) is 0.753. The van der Waals surface area contributed by atoms with Crippen LogP contribution in [0.5, 0.6) is 0 Å². The van der Waals surface area contributed by atoms with Gasteiger partial charge in [0.25, 0.3) is 0 Å². The fourth-order valence-corrected chi connectivity index (χ4v) is 3.59. The number of nitrogens with zero attached hydrogens (tertiary/aromatic N) is 1. The highest BCUT2D eigenvalue weighted by Gasteiger charge is 2.22. The van der Waals surface area contributed by atoms with Crippen LogP contribution in [0.2, 0.25) is 0 Å². The molecule has 0 amide bonds. The van der Waals surface area contributed by atoms with Gasteiger partial charge in [0.15, 0.2) is 0 Å². The molecule has 1 aliphatic rings. The first-order valence-corrected chi connectivity index (χ1v) is 9.06. The molecular formula is C14H25N3O3S. The number of hydrogen-bond acceptors (Lipinski definition) is 4. The molecule has 0 spiro atoms. The summed E-state index contributed by atoms with van der Waals surface area (Å²) in [7, 11) is -3.46. The summed E-state index contributed by atoms with van der Waals surface area (Å²) in [5.74, 6) is 0. The third kappa shape index (κ3) is 4.29. The zero-order chi connectivity index (χ0) is 15.3. The van der Waals surface area contributed by atoms with E-state index in [-0.39, 0.29) is 6.10 Å². The summed E-state index contributed by atoms with van der Waals surface area (Å²) in [5, 5.41) is 3.22. The second-order valence-corrected chi connectivity index (χ2v) is 6.99. The Morgan fingerprint density at radius 1 is 1.43 bits per heavy atom. The van der Waals surface area contributed by atoms with Crippen molar-refractivity contribution in [1.82, 2.24) is 14.6 Å². The molecule has 120 valence electrons. The lowest BCUT2D eigenvalue weighted by Crippen LogP contribution is -2.31. The van der Waals surface area contributed by atoms with E-state index in [0.717, 1.165) is 38.2 Å². The van der Waals surface area contributed by atoms with Crippen molar-refractivity contribution in [1.29, 1.82) is 0 Å². The van der Waals surface area contributed by atoms with Crippen LogP contribution >= 0.6 is 0 Å². The molecule has 1 atom stereocenters. The molecule has 2 rings (SSSR count). The molecule has 2 heterocycles. The van der Waals surface area contributed by atoms with Gasteiger partial charge >= 0.3 is 0 Å². The van der Waals surface area contributed by atoms with Crippen molar-refractivity contribution in [3.05, 3.63) is 18.0 Å². The van der Waals surface area contributed by atoms with Crippen LogP contribution in [-0.2, 0) is 27.8 Å². The van der Waals surface area contributed by atoms with Gasteiger partial charge in [0.2, 0.25) is 10.0 Å². The monoisotopic (exact) mass is 315 g/mol. The highest BCUT2D eigenvalue weighted by atomic mass is 32.2. The van der Waals surface area contributed by atoms with Crippen LogP contribution in [0.1, 0.15) is 32.4 Å². The van der Waals surface area contributed by atoms with Gasteiger partial charge < -0.3 is 14.6 Å². The van der Waals surface area contributed by atoms with E-state index in [1.165, 1.54) is 0 Å². The summed E-state index contributed by atoms with van der Waals surface area (Å²) in [6.07, 6.45) is 3.63. The summed E-state index contributed by atoms with van der Waals surface area (Å²) >= 11 is 0. The van der Waals surface area contributed by atoms with Crippen molar-refractivity contribution < 1.29 is 13.2 Å². The smallest absolute Gasteiger partial charge is 0.242 e. The number of nitrogens with one attached hydrogen (secondary N) is 2. The highest BCUT2D eigenvalue weighted by Crippen LogP contribution is 2.16. The highest BCUT2D eigenvalue weighted by molar-refractivity contribution is 7.89. The second kappa shape index (κ2) is 7.40. The molecule has 1 fully saturated rings. The minimum atomic E-state index is -3.46. The van der Waals surface area contributed by atoms with Gasteiger partial charge in [0.05, 0.1) is 11.0 Å². The van der Waals surface area contributed by atoms with Crippen molar-refractivity contribution >= 4 is 10.0 Å². The Morgan fingerprint density at radius 3 is 2.86 bits per heavy atom. The number of hydrogen-bond donors (Lipinski definition) is 2. The molecule has 0 saturated carbocycles. The van der Waals surface area contributed by atoms with Crippen LogP contribution in [0.3, 0.4) is 0 Å². The Bertz CT molecular complexity index is 548. The lowest BCUT2D eigenvalue weighted by molar-refractivity contribution is 0.114. The van der Waals surface area contributed by atoms with E-state index in [9.17, 15) is 8.42 Å². The van der Waals surface area contributed by atoms with Crippen LogP contribution in [0.4, 0.5) is 0 Å². The normalized spacial score (nSPS) is 19.2. The average Bonchev–Trinajstić information content (AvgIpc) is 3.12. The first kappa shape index (κ1) is 16.5. The SMILES string of the molecule is CCNCc1cc(S(=O)(=O)NCC2CCCO2)cn1CC. The summed E-state index contributed by atoms with van der Waals surface area (Å²) < 4.78 is 34.7. The van der Waals surface area contributed by atoms with Gasteiger partial charge in [0, 0.05) is 38.1 Å². The molecule has 1 saturated heterocycles. The molecule has 1 aliphatic heterocycles. The van der Waals surface area contributed by atoms with Crippen LogP contribution < -0.4 is 10.0 Å². The Balaban J connectivity index is 2.05. The van der Waals surface area contributed by atoms with Gasteiger partial charge in [-0.3, -0.25) is 0 Å². The first-order chi connectivity index (χ1) is 10.1. The molecule has 0 bridgehead atoms. The van der Waals surface area contributed by atoms with E-state index in [4.69, 9.17) is 4.74 Å². The zero-order valence-corrected chi connectivity index (χ0v) is 13.6. The minimum Gasteiger partial charge on any atom is -0.377 e. The van der Waals surface area contributed by atoms with Crippen molar-refractivity contribution in [2.75, 3.05) is 19.7 Å². The fraction of sp³-hybridized carbons (Fsp3) is 0.714. The van der Waals surface area contributed by atoms with Gasteiger partial charge in [-0.25, -0.2) is 13.1 Å². The van der Waals surface area contributed by atoms with E-state index in [1.54, 1.807) is 12.3 Å². The molecule has 0 aliphatic carbocycles. The van der Waals surface area contributed by atoms with Crippen LogP contribution in [0.15, 0.2) is 17.2 Å².